The fraction of sp³-hybridized carbons (Fsp3) is 0.348. The highest BCUT2D eigenvalue weighted by Crippen LogP contribution is 2.20. The van der Waals surface area contributed by atoms with Crippen LogP contribution in [0.2, 0.25) is 0 Å². The van der Waals surface area contributed by atoms with Gasteiger partial charge in [-0.25, -0.2) is 8.42 Å². The van der Waals surface area contributed by atoms with Gasteiger partial charge in [0.05, 0.1) is 9.82 Å². The number of non-ortho nitro benzene ring substituents is 1. The summed E-state index contributed by atoms with van der Waals surface area (Å²) < 4.78 is 27.5. The number of nitro benzene ring substituents is 1. The molecule has 0 unspecified atom stereocenters. The van der Waals surface area contributed by atoms with Crippen molar-refractivity contribution >= 4 is 33.4 Å². The van der Waals surface area contributed by atoms with E-state index in [1.165, 1.54) is 40.7 Å². The molecular formula is C23H29N3O5S. The summed E-state index contributed by atoms with van der Waals surface area (Å²) in [5.74, 6) is -0.397. The lowest BCUT2D eigenvalue weighted by Crippen LogP contribution is -2.33. The molecule has 0 saturated carbocycles. The van der Waals surface area contributed by atoms with Crippen molar-refractivity contribution in [1.82, 2.24) is 4.31 Å². The Morgan fingerprint density at radius 1 is 1.00 bits per heavy atom. The van der Waals surface area contributed by atoms with Crippen molar-refractivity contribution in [3.05, 3.63) is 70.3 Å². The molecular weight excluding hydrogens is 430 g/mol. The number of benzene rings is 2. The minimum absolute atomic E-state index is 0.0235. The molecule has 0 spiro atoms. The third-order valence-corrected chi connectivity index (χ3v) is 6.73. The predicted octanol–water partition coefficient (Wildman–Crippen LogP) is 4.84. The van der Waals surface area contributed by atoms with Gasteiger partial charge < -0.3 is 5.32 Å². The number of amides is 1. The molecule has 0 aliphatic heterocycles. The molecule has 2 aromatic carbocycles. The zero-order chi connectivity index (χ0) is 23.6. The molecule has 0 aliphatic carbocycles. The predicted molar refractivity (Wildman–Crippen MR) is 126 cm³/mol. The van der Waals surface area contributed by atoms with Crippen molar-refractivity contribution in [2.24, 2.45) is 0 Å². The number of sulfonamides is 1. The maximum absolute atomic E-state index is 13.0. The van der Waals surface area contributed by atoms with E-state index in [1.807, 2.05) is 13.8 Å². The van der Waals surface area contributed by atoms with Crippen LogP contribution >= 0.6 is 0 Å². The highest BCUT2D eigenvalue weighted by molar-refractivity contribution is 7.89. The Morgan fingerprint density at radius 2 is 1.56 bits per heavy atom. The summed E-state index contributed by atoms with van der Waals surface area (Å²) in [4.78, 5) is 22.5. The number of hydrogen-bond donors (Lipinski definition) is 1. The third-order valence-electron chi connectivity index (χ3n) is 4.81. The number of carbonyl (C=O) groups excluding carboxylic acids is 1. The van der Waals surface area contributed by atoms with Crippen LogP contribution in [0.5, 0.6) is 0 Å². The van der Waals surface area contributed by atoms with E-state index in [0.29, 0.717) is 24.3 Å². The minimum Gasteiger partial charge on any atom is -0.323 e. The Bertz CT molecular complexity index is 1020. The van der Waals surface area contributed by atoms with E-state index in [9.17, 15) is 23.3 Å². The van der Waals surface area contributed by atoms with E-state index >= 15 is 0 Å². The molecule has 0 saturated heterocycles. The van der Waals surface area contributed by atoms with E-state index in [2.05, 4.69) is 5.32 Å². The van der Waals surface area contributed by atoms with Gasteiger partial charge in [0.1, 0.15) is 0 Å². The molecule has 0 heterocycles. The first-order chi connectivity index (χ1) is 15.3. The molecule has 8 nitrogen and oxygen atoms in total. The van der Waals surface area contributed by atoms with Gasteiger partial charge in [-0.15, -0.1) is 0 Å². The summed E-state index contributed by atoms with van der Waals surface area (Å²) >= 11 is 0. The van der Waals surface area contributed by atoms with Crippen molar-refractivity contribution in [2.45, 2.75) is 44.4 Å². The number of nitrogens with zero attached hydrogens (tertiary/aromatic N) is 2. The monoisotopic (exact) mass is 459 g/mol. The lowest BCUT2D eigenvalue weighted by molar-refractivity contribution is -0.384. The van der Waals surface area contributed by atoms with Crippen LogP contribution in [0.15, 0.2) is 59.5 Å². The van der Waals surface area contributed by atoms with Crippen molar-refractivity contribution in [3.8, 4) is 0 Å². The molecule has 0 radical (unpaired) electrons. The SMILES string of the molecule is CCCCN(CCCC)S(=O)(=O)c1ccc(NC(=O)C=Cc2ccc([N+](=O)[O-])cc2)cc1. The molecule has 1 amide bonds. The zero-order valence-electron chi connectivity index (χ0n) is 18.4. The molecule has 32 heavy (non-hydrogen) atoms. The van der Waals surface area contributed by atoms with Crippen LogP contribution in [0.1, 0.15) is 45.1 Å². The topological polar surface area (TPSA) is 110 Å². The number of anilines is 1. The molecule has 0 fully saturated rings. The van der Waals surface area contributed by atoms with Crippen LogP contribution in [0.25, 0.3) is 6.08 Å². The third kappa shape index (κ3) is 7.28. The van der Waals surface area contributed by atoms with Gasteiger partial charge in [-0.2, -0.15) is 4.31 Å². The number of unbranched alkanes of at least 4 members (excludes halogenated alkanes) is 2. The lowest BCUT2D eigenvalue weighted by Gasteiger charge is -2.22. The second-order valence-corrected chi connectivity index (χ2v) is 9.24. The number of rotatable bonds is 12. The van der Waals surface area contributed by atoms with Crippen LogP contribution in [0.3, 0.4) is 0 Å². The summed E-state index contributed by atoms with van der Waals surface area (Å²) in [6.45, 7) is 5.03. The Hall–Kier alpha value is -3.04. The maximum atomic E-state index is 13.0. The summed E-state index contributed by atoms with van der Waals surface area (Å²) in [5, 5.41) is 13.4. The van der Waals surface area contributed by atoms with E-state index in [4.69, 9.17) is 0 Å². The van der Waals surface area contributed by atoms with Crippen LogP contribution in [0.4, 0.5) is 11.4 Å². The van der Waals surface area contributed by atoms with Gasteiger partial charge in [0.2, 0.25) is 15.9 Å². The maximum Gasteiger partial charge on any atom is 0.269 e. The first-order valence-corrected chi connectivity index (χ1v) is 12.1. The van der Waals surface area contributed by atoms with Crippen molar-refractivity contribution in [1.29, 1.82) is 0 Å². The lowest BCUT2D eigenvalue weighted by atomic mass is 10.2. The number of carbonyl (C=O) groups is 1. The molecule has 0 aromatic heterocycles. The van der Waals surface area contributed by atoms with E-state index in [1.54, 1.807) is 24.3 Å². The molecule has 172 valence electrons. The number of hydrogen-bond acceptors (Lipinski definition) is 5. The van der Waals surface area contributed by atoms with E-state index < -0.39 is 20.9 Å². The summed E-state index contributed by atoms with van der Waals surface area (Å²) in [6, 6.07) is 11.9. The van der Waals surface area contributed by atoms with Gasteiger partial charge >= 0.3 is 0 Å². The summed E-state index contributed by atoms with van der Waals surface area (Å²) in [7, 11) is -3.59. The molecule has 2 rings (SSSR count). The quantitative estimate of drug-likeness (QED) is 0.277. The van der Waals surface area contributed by atoms with Crippen LogP contribution in [-0.4, -0.2) is 36.6 Å². The molecule has 0 atom stereocenters. The fourth-order valence-electron chi connectivity index (χ4n) is 2.94. The second-order valence-electron chi connectivity index (χ2n) is 7.31. The van der Waals surface area contributed by atoms with Gasteiger partial charge in [-0.05, 0) is 60.9 Å². The van der Waals surface area contributed by atoms with Crippen LogP contribution < -0.4 is 5.32 Å². The van der Waals surface area contributed by atoms with Crippen LogP contribution in [-0.2, 0) is 14.8 Å². The largest absolute Gasteiger partial charge is 0.323 e. The van der Waals surface area contributed by atoms with Crippen molar-refractivity contribution < 1.29 is 18.1 Å². The van der Waals surface area contributed by atoms with Gasteiger partial charge in [-0.3, -0.25) is 14.9 Å². The van der Waals surface area contributed by atoms with E-state index in [-0.39, 0.29) is 10.6 Å². The smallest absolute Gasteiger partial charge is 0.269 e. The molecule has 1 N–H and O–H groups in total. The van der Waals surface area contributed by atoms with E-state index in [0.717, 1.165) is 25.7 Å². The molecule has 0 aliphatic rings. The first kappa shape index (κ1) is 25.2. The first-order valence-electron chi connectivity index (χ1n) is 10.6. The summed E-state index contributed by atoms with van der Waals surface area (Å²) in [5.41, 5.74) is 1.09. The average molecular weight is 460 g/mol. The minimum atomic E-state index is -3.59. The van der Waals surface area contributed by atoms with Crippen molar-refractivity contribution in [3.63, 3.8) is 0 Å². The Balaban J connectivity index is 2.04. The van der Waals surface area contributed by atoms with Crippen molar-refractivity contribution in [2.75, 3.05) is 18.4 Å². The zero-order valence-corrected chi connectivity index (χ0v) is 19.2. The average Bonchev–Trinajstić information content (AvgIpc) is 2.78. The Kier molecular flexibility index (Phi) is 9.55. The molecule has 2 aromatic rings. The number of nitrogens with one attached hydrogen (secondary N) is 1. The highest BCUT2D eigenvalue weighted by atomic mass is 32.2. The normalized spacial score (nSPS) is 11.7. The van der Waals surface area contributed by atoms with Gasteiger partial charge in [0.25, 0.3) is 5.69 Å². The summed E-state index contributed by atoms with van der Waals surface area (Å²) in [6.07, 6.45) is 6.28. The van der Waals surface area contributed by atoms with Gasteiger partial charge in [-0.1, -0.05) is 26.7 Å². The fourth-order valence-corrected chi connectivity index (χ4v) is 4.46. The standard InChI is InChI=1S/C23H29N3O5S/c1-3-5-17-25(18-6-4-2)32(30,31)22-14-10-20(11-15-22)24-23(27)16-9-19-7-12-21(13-8-19)26(28)29/h7-16H,3-6,17-18H2,1-2H3,(H,24,27). The van der Waals surface area contributed by atoms with Gasteiger partial charge in [0.15, 0.2) is 0 Å². The Morgan fingerprint density at radius 3 is 2.06 bits per heavy atom. The van der Waals surface area contributed by atoms with Gasteiger partial charge in [0, 0.05) is 37.0 Å². The second kappa shape index (κ2) is 12.1. The highest BCUT2D eigenvalue weighted by Gasteiger charge is 2.23. The molecule has 9 heteroatoms. The Labute approximate surface area is 189 Å². The van der Waals surface area contributed by atoms with Crippen LogP contribution in [0, 0.1) is 10.1 Å². The number of nitro groups is 1. The molecule has 0 bridgehead atoms.